The Labute approximate surface area is 259 Å². The molecule has 2 unspecified atom stereocenters. The van der Waals surface area contributed by atoms with Crippen LogP contribution in [0.3, 0.4) is 0 Å². The van der Waals surface area contributed by atoms with Crippen molar-refractivity contribution in [1.82, 2.24) is 15.5 Å². The highest BCUT2D eigenvalue weighted by molar-refractivity contribution is 5.87. The van der Waals surface area contributed by atoms with Gasteiger partial charge < -0.3 is 35.5 Å². The molecule has 0 aliphatic carbocycles. The molecule has 2 aromatic carbocycles. The second-order valence-corrected chi connectivity index (χ2v) is 11.0. The fourth-order valence-electron chi connectivity index (χ4n) is 5.07. The van der Waals surface area contributed by atoms with E-state index in [0.717, 1.165) is 36.1 Å². The van der Waals surface area contributed by atoms with E-state index in [9.17, 15) is 19.2 Å². The van der Waals surface area contributed by atoms with Gasteiger partial charge in [0.15, 0.2) is 0 Å². The van der Waals surface area contributed by atoms with E-state index >= 15 is 0 Å². The molecule has 240 valence electrons. The van der Waals surface area contributed by atoms with Crippen LogP contribution in [-0.2, 0) is 41.6 Å². The first kappa shape index (κ1) is 34.5. The van der Waals surface area contributed by atoms with Crippen molar-refractivity contribution in [3.63, 3.8) is 0 Å². The smallest absolute Gasteiger partial charge is 0.329 e. The summed E-state index contributed by atoms with van der Waals surface area (Å²) in [6.45, 7) is 2.12. The third kappa shape index (κ3) is 12.0. The third-order valence-corrected chi connectivity index (χ3v) is 7.63. The van der Waals surface area contributed by atoms with Crippen LogP contribution in [0.1, 0.15) is 56.1 Å². The Morgan fingerprint density at radius 3 is 2.34 bits per heavy atom. The number of hydrogen-bond acceptors (Lipinski definition) is 9. The van der Waals surface area contributed by atoms with Gasteiger partial charge in [0.25, 0.3) is 0 Å². The van der Waals surface area contributed by atoms with E-state index in [1.54, 1.807) is 12.0 Å². The number of amides is 2. The maximum atomic E-state index is 13.6. The number of esters is 2. The molecule has 1 aliphatic heterocycles. The van der Waals surface area contributed by atoms with Crippen molar-refractivity contribution in [2.75, 3.05) is 33.9 Å². The molecular weight excluding hydrogens is 564 g/mol. The minimum Gasteiger partial charge on any atom is -0.497 e. The van der Waals surface area contributed by atoms with Gasteiger partial charge in [-0.3, -0.25) is 14.4 Å². The van der Waals surface area contributed by atoms with Gasteiger partial charge in [-0.2, -0.15) is 0 Å². The van der Waals surface area contributed by atoms with Crippen LogP contribution in [0, 0.1) is 0 Å². The fraction of sp³-hybridized carbons (Fsp3) is 0.515. The van der Waals surface area contributed by atoms with E-state index in [2.05, 4.69) is 15.4 Å². The minimum absolute atomic E-state index is 0.0655. The summed E-state index contributed by atoms with van der Waals surface area (Å²) in [6, 6.07) is 15.7. The molecule has 0 aromatic heterocycles. The van der Waals surface area contributed by atoms with Crippen molar-refractivity contribution in [3.05, 3.63) is 65.7 Å². The fourth-order valence-corrected chi connectivity index (χ4v) is 5.07. The molecule has 0 spiro atoms. The molecule has 2 aromatic rings. The van der Waals surface area contributed by atoms with E-state index in [4.69, 9.17) is 15.2 Å². The topological polar surface area (TPSA) is 149 Å². The lowest BCUT2D eigenvalue weighted by molar-refractivity contribution is -0.154. The summed E-state index contributed by atoms with van der Waals surface area (Å²) >= 11 is 0. The number of methoxy groups -OCH3 is 2. The highest BCUT2D eigenvalue weighted by atomic mass is 16.5. The Morgan fingerprint density at radius 2 is 1.64 bits per heavy atom. The third-order valence-electron chi connectivity index (χ3n) is 7.63. The zero-order valence-electron chi connectivity index (χ0n) is 25.8. The number of benzene rings is 2. The van der Waals surface area contributed by atoms with Crippen LogP contribution in [0.15, 0.2) is 54.6 Å². The summed E-state index contributed by atoms with van der Waals surface area (Å²) in [6.07, 6.45) is 2.57. The van der Waals surface area contributed by atoms with Crippen LogP contribution in [0.5, 0.6) is 5.75 Å². The summed E-state index contributed by atoms with van der Waals surface area (Å²) in [5.41, 5.74) is 8.58. The molecule has 44 heavy (non-hydrogen) atoms. The van der Waals surface area contributed by atoms with Crippen LogP contribution in [0.4, 0.5) is 0 Å². The van der Waals surface area contributed by atoms with Gasteiger partial charge in [-0.25, -0.2) is 4.79 Å². The normalized spacial score (nSPS) is 15.0. The van der Waals surface area contributed by atoms with Crippen molar-refractivity contribution in [2.45, 2.75) is 76.1 Å². The number of nitrogens with zero attached hydrogens (tertiary/aromatic N) is 1. The highest BCUT2D eigenvalue weighted by Gasteiger charge is 2.30. The number of nitrogens with two attached hydrogens (primary N) is 1. The molecule has 1 heterocycles. The van der Waals surface area contributed by atoms with Crippen molar-refractivity contribution in [3.8, 4) is 5.75 Å². The number of ether oxygens (including phenoxy) is 3. The Hall–Kier alpha value is -3.96. The van der Waals surface area contributed by atoms with E-state index in [-0.39, 0.29) is 38.1 Å². The molecule has 1 saturated heterocycles. The average molecular weight is 611 g/mol. The largest absolute Gasteiger partial charge is 0.497 e. The molecule has 11 nitrogen and oxygen atoms in total. The Bertz CT molecular complexity index is 1200. The van der Waals surface area contributed by atoms with E-state index in [1.165, 1.54) is 7.11 Å². The number of carbonyl (C=O) groups excluding carboxylic acids is 4. The van der Waals surface area contributed by atoms with Crippen LogP contribution in [0.25, 0.3) is 0 Å². The molecule has 2 amide bonds. The Balaban J connectivity index is 1.71. The molecule has 0 saturated carbocycles. The van der Waals surface area contributed by atoms with Gasteiger partial charge in [0.1, 0.15) is 17.9 Å². The standard InChI is InChI=1S/C33H46N4O7/c1-42-26-13-9-12-25(20-26)22-35-23-29(27(34)21-24-10-5-3-6-11-24)44-33(41)28(36-30(38)15-17-32(40)43-2)14-16-31(39)37-18-7-4-8-19-37/h3,5-6,9-13,20,27-29,35H,4,7-8,14-19,21-23,34H2,1-2H3,(H,36,38)/t27?,28-,29?/m1/s1. The van der Waals surface area contributed by atoms with Crippen LogP contribution in [-0.4, -0.2) is 80.7 Å². The van der Waals surface area contributed by atoms with Crippen molar-refractivity contribution >= 4 is 23.8 Å². The first-order valence-electron chi connectivity index (χ1n) is 15.3. The van der Waals surface area contributed by atoms with Gasteiger partial charge in [-0.1, -0.05) is 42.5 Å². The molecule has 1 fully saturated rings. The highest BCUT2D eigenvalue weighted by Crippen LogP contribution is 2.15. The SMILES string of the molecule is COC(=O)CCC(=O)N[C@H](CCC(=O)N1CCCCC1)C(=O)OC(CNCc1cccc(OC)c1)C(N)Cc1ccccc1. The number of carbonyl (C=O) groups is 4. The maximum Gasteiger partial charge on any atom is 0.329 e. The number of hydrogen-bond donors (Lipinski definition) is 3. The molecule has 0 radical (unpaired) electrons. The van der Waals surface area contributed by atoms with Gasteiger partial charge in [-0.15, -0.1) is 0 Å². The minimum atomic E-state index is -1.08. The summed E-state index contributed by atoms with van der Waals surface area (Å²) in [4.78, 5) is 52.5. The molecule has 4 N–H and O–H groups in total. The Kier molecular flexibility index (Phi) is 14.6. The average Bonchev–Trinajstić information content (AvgIpc) is 3.05. The van der Waals surface area contributed by atoms with E-state index in [1.807, 2.05) is 54.6 Å². The maximum absolute atomic E-state index is 13.6. The van der Waals surface area contributed by atoms with E-state index < -0.39 is 36.0 Å². The first-order valence-corrected chi connectivity index (χ1v) is 15.3. The summed E-state index contributed by atoms with van der Waals surface area (Å²) < 4.78 is 15.9. The van der Waals surface area contributed by atoms with Crippen LogP contribution in [0.2, 0.25) is 0 Å². The van der Waals surface area contributed by atoms with Gasteiger partial charge >= 0.3 is 11.9 Å². The summed E-state index contributed by atoms with van der Waals surface area (Å²) in [5.74, 6) is -1.06. The van der Waals surface area contributed by atoms with Gasteiger partial charge in [0.05, 0.1) is 20.6 Å². The first-order chi connectivity index (χ1) is 21.3. The molecule has 3 atom stereocenters. The zero-order valence-corrected chi connectivity index (χ0v) is 25.8. The van der Waals surface area contributed by atoms with Gasteiger partial charge in [0.2, 0.25) is 11.8 Å². The second-order valence-electron chi connectivity index (χ2n) is 11.0. The lowest BCUT2D eigenvalue weighted by atomic mass is 10.0. The molecule has 3 rings (SSSR count). The quantitative estimate of drug-likeness (QED) is 0.230. The second kappa shape index (κ2) is 18.6. The predicted octanol–water partition coefficient (Wildman–Crippen LogP) is 2.50. The predicted molar refractivity (Wildman–Crippen MR) is 166 cm³/mol. The zero-order chi connectivity index (χ0) is 31.7. The van der Waals surface area contributed by atoms with Crippen molar-refractivity contribution in [2.24, 2.45) is 5.73 Å². The van der Waals surface area contributed by atoms with Crippen molar-refractivity contribution in [1.29, 1.82) is 0 Å². The lowest BCUT2D eigenvalue weighted by Gasteiger charge is -2.29. The molecule has 0 bridgehead atoms. The lowest BCUT2D eigenvalue weighted by Crippen LogP contribution is -2.50. The monoisotopic (exact) mass is 610 g/mol. The molecule has 11 heteroatoms. The summed E-state index contributed by atoms with van der Waals surface area (Å²) in [5, 5.41) is 6.00. The number of nitrogens with one attached hydrogen (secondary N) is 2. The Morgan fingerprint density at radius 1 is 0.909 bits per heavy atom. The molecular formula is C33H46N4O7. The van der Waals surface area contributed by atoms with Gasteiger partial charge in [-0.05, 0) is 55.4 Å². The summed E-state index contributed by atoms with van der Waals surface area (Å²) in [7, 11) is 2.85. The van der Waals surface area contributed by atoms with Gasteiger partial charge in [0, 0.05) is 45.1 Å². The van der Waals surface area contributed by atoms with E-state index in [0.29, 0.717) is 26.1 Å². The van der Waals surface area contributed by atoms with Crippen LogP contribution >= 0.6 is 0 Å². The number of rotatable bonds is 17. The van der Waals surface area contributed by atoms with Crippen molar-refractivity contribution < 1.29 is 33.4 Å². The number of piperidine rings is 1. The number of likely N-dealkylation sites (tertiary alicyclic amines) is 1. The molecule has 1 aliphatic rings. The van der Waals surface area contributed by atoms with Crippen LogP contribution < -0.4 is 21.1 Å².